The number of alkyl halides is 2. The Hall–Kier alpha value is -2.56. The van der Waals surface area contributed by atoms with Crippen molar-refractivity contribution in [3.63, 3.8) is 0 Å². The molecule has 3 aromatic rings. The first-order chi connectivity index (χ1) is 14.1. The lowest BCUT2D eigenvalue weighted by Crippen LogP contribution is -2.36. The summed E-state index contributed by atoms with van der Waals surface area (Å²) in [7, 11) is 1.65. The summed E-state index contributed by atoms with van der Waals surface area (Å²) >= 11 is 0. The van der Waals surface area contributed by atoms with Crippen LogP contribution in [0.4, 0.5) is 8.78 Å². The van der Waals surface area contributed by atoms with Crippen LogP contribution in [0.1, 0.15) is 18.2 Å². The molecule has 2 aromatic carbocycles. The molecule has 0 aliphatic rings. The van der Waals surface area contributed by atoms with Crippen LogP contribution < -0.4 is 20.1 Å². The second-order valence-electron chi connectivity index (χ2n) is 6.22. The molecular formula is C21H25F2IN4O2. The zero-order valence-corrected chi connectivity index (χ0v) is 19.1. The molecule has 9 heteroatoms. The quantitative estimate of drug-likeness (QED) is 0.225. The van der Waals surface area contributed by atoms with Gasteiger partial charge in [-0.2, -0.15) is 8.78 Å². The fraction of sp³-hybridized carbons (Fsp3) is 0.286. The molecule has 1 heterocycles. The maximum absolute atomic E-state index is 12.8. The predicted octanol–water partition coefficient (Wildman–Crippen LogP) is 4.65. The van der Waals surface area contributed by atoms with Gasteiger partial charge in [-0.25, -0.2) is 0 Å². The minimum Gasteiger partial charge on any atom is -0.490 e. The molecule has 0 aliphatic carbocycles. The molecule has 0 radical (unpaired) electrons. The largest absolute Gasteiger partial charge is 0.490 e. The summed E-state index contributed by atoms with van der Waals surface area (Å²) in [5.41, 5.74) is 2.62. The number of nitrogens with zero attached hydrogens (tertiary/aromatic N) is 1. The van der Waals surface area contributed by atoms with Crippen LogP contribution in [0.3, 0.4) is 0 Å². The molecule has 0 amide bonds. The van der Waals surface area contributed by atoms with E-state index >= 15 is 0 Å². The standard InChI is InChI=1S/C21H24F2N4O2.HI/c1-3-28-18-10-6-8-15(19(18)29-20(22)23)12-25-21(24-2)26-13-16-11-14-7-4-5-9-17(14)27-16;/h4-11,20,27H,3,12-13H2,1-2H3,(H2,24,25,26);1H. The summed E-state index contributed by atoms with van der Waals surface area (Å²) in [5, 5.41) is 7.45. The Morgan fingerprint density at radius 2 is 1.87 bits per heavy atom. The average molecular weight is 530 g/mol. The van der Waals surface area contributed by atoms with Crippen molar-refractivity contribution in [2.45, 2.75) is 26.6 Å². The Bertz CT molecular complexity index is 946. The molecule has 3 rings (SSSR count). The Balaban J connectivity index is 0.00000320. The zero-order chi connectivity index (χ0) is 20.6. The number of ether oxygens (including phenoxy) is 2. The topological polar surface area (TPSA) is 70.7 Å². The highest BCUT2D eigenvalue weighted by Crippen LogP contribution is 2.32. The van der Waals surface area contributed by atoms with Crippen molar-refractivity contribution in [2.75, 3.05) is 13.7 Å². The second kappa shape index (κ2) is 11.6. The third-order valence-electron chi connectivity index (χ3n) is 4.27. The number of hydrogen-bond donors (Lipinski definition) is 3. The molecule has 0 spiro atoms. The monoisotopic (exact) mass is 530 g/mol. The van der Waals surface area contributed by atoms with E-state index < -0.39 is 6.61 Å². The van der Waals surface area contributed by atoms with Gasteiger partial charge in [0.1, 0.15) is 0 Å². The van der Waals surface area contributed by atoms with Gasteiger partial charge in [0.2, 0.25) is 0 Å². The molecule has 30 heavy (non-hydrogen) atoms. The highest BCUT2D eigenvalue weighted by Gasteiger charge is 2.16. The molecule has 3 N–H and O–H groups in total. The molecule has 0 saturated heterocycles. The lowest BCUT2D eigenvalue weighted by Gasteiger charge is -2.17. The summed E-state index contributed by atoms with van der Waals surface area (Å²) in [5.74, 6) is 0.851. The number of aliphatic imine (C=N–C) groups is 1. The number of halogens is 3. The highest BCUT2D eigenvalue weighted by molar-refractivity contribution is 14.0. The van der Waals surface area contributed by atoms with Crippen LogP contribution in [-0.4, -0.2) is 31.2 Å². The van der Waals surface area contributed by atoms with Gasteiger partial charge in [-0.1, -0.05) is 30.3 Å². The van der Waals surface area contributed by atoms with Crippen LogP contribution in [0.25, 0.3) is 10.9 Å². The van der Waals surface area contributed by atoms with E-state index in [9.17, 15) is 8.78 Å². The molecule has 0 aliphatic heterocycles. The fourth-order valence-electron chi connectivity index (χ4n) is 3.00. The molecule has 0 saturated carbocycles. The summed E-state index contributed by atoms with van der Waals surface area (Å²) in [4.78, 5) is 7.52. The van der Waals surface area contributed by atoms with Crippen LogP contribution in [-0.2, 0) is 13.1 Å². The molecular weight excluding hydrogens is 505 g/mol. The number of hydrogen-bond acceptors (Lipinski definition) is 3. The van der Waals surface area contributed by atoms with Gasteiger partial charge in [-0.05, 0) is 30.5 Å². The van der Waals surface area contributed by atoms with Gasteiger partial charge in [0.05, 0.1) is 13.2 Å². The van der Waals surface area contributed by atoms with Gasteiger partial charge < -0.3 is 25.1 Å². The maximum Gasteiger partial charge on any atom is 0.387 e. The molecule has 0 unspecified atom stereocenters. The molecule has 6 nitrogen and oxygen atoms in total. The third-order valence-corrected chi connectivity index (χ3v) is 4.27. The van der Waals surface area contributed by atoms with Crippen molar-refractivity contribution in [2.24, 2.45) is 4.99 Å². The Kier molecular flexibility index (Phi) is 9.15. The Labute approximate surface area is 191 Å². The molecule has 0 bridgehead atoms. The van der Waals surface area contributed by atoms with Gasteiger partial charge >= 0.3 is 6.61 Å². The second-order valence-corrected chi connectivity index (χ2v) is 6.22. The molecule has 162 valence electrons. The van der Waals surface area contributed by atoms with E-state index in [2.05, 4.69) is 26.7 Å². The first-order valence-corrected chi connectivity index (χ1v) is 9.31. The average Bonchev–Trinajstić information content (AvgIpc) is 3.13. The fourth-order valence-corrected chi connectivity index (χ4v) is 3.00. The van der Waals surface area contributed by atoms with E-state index in [1.807, 2.05) is 24.3 Å². The third kappa shape index (κ3) is 6.22. The highest BCUT2D eigenvalue weighted by atomic mass is 127. The smallest absolute Gasteiger partial charge is 0.387 e. The van der Waals surface area contributed by atoms with Crippen molar-refractivity contribution < 1.29 is 18.3 Å². The van der Waals surface area contributed by atoms with Gasteiger partial charge in [0, 0.05) is 30.4 Å². The minimum absolute atomic E-state index is 0. The number of para-hydroxylation sites is 2. The normalized spacial score (nSPS) is 11.3. The zero-order valence-electron chi connectivity index (χ0n) is 16.7. The Morgan fingerprint density at radius 1 is 1.10 bits per heavy atom. The van der Waals surface area contributed by atoms with E-state index in [-0.39, 0.29) is 42.0 Å². The summed E-state index contributed by atoms with van der Waals surface area (Å²) in [6.45, 7) is -0.0186. The summed E-state index contributed by atoms with van der Waals surface area (Å²) in [6.07, 6.45) is 0. The number of rotatable bonds is 8. The number of guanidine groups is 1. The van der Waals surface area contributed by atoms with Crippen molar-refractivity contribution in [1.29, 1.82) is 0 Å². The molecule has 0 fully saturated rings. The van der Waals surface area contributed by atoms with Crippen LogP contribution in [0.15, 0.2) is 53.5 Å². The maximum atomic E-state index is 12.8. The van der Waals surface area contributed by atoms with E-state index in [0.717, 1.165) is 16.6 Å². The molecule has 1 aromatic heterocycles. The van der Waals surface area contributed by atoms with Gasteiger partial charge in [0.25, 0.3) is 0 Å². The van der Waals surface area contributed by atoms with Crippen LogP contribution >= 0.6 is 24.0 Å². The van der Waals surface area contributed by atoms with E-state index in [0.29, 0.717) is 24.7 Å². The first kappa shape index (κ1) is 23.7. The van der Waals surface area contributed by atoms with Crippen LogP contribution in [0, 0.1) is 0 Å². The number of benzene rings is 2. The predicted molar refractivity (Wildman–Crippen MR) is 125 cm³/mol. The lowest BCUT2D eigenvalue weighted by molar-refractivity contribution is -0.0520. The van der Waals surface area contributed by atoms with Crippen molar-refractivity contribution in [3.8, 4) is 11.5 Å². The number of aromatic nitrogens is 1. The van der Waals surface area contributed by atoms with Gasteiger partial charge in [0.15, 0.2) is 17.5 Å². The van der Waals surface area contributed by atoms with Crippen LogP contribution in [0.2, 0.25) is 0 Å². The lowest BCUT2D eigenvalue weighted by atomic mass is 10.2. The van der Waals surface area contributed by atoms with Crippen molar-refractivity contribution in [1.82, 2.24) is 15.6 Å². The number of aromatic amines is 1. The number of fused-ring (bicyclic) bond motifs is 1. The van der Waals surface area contributed by atoms with Crippen molar-refractivity contribution in [3.05, 3.63) is 59.8 Å². The van der Waals surface area contributed by atoms with E-state index in [1.165, 1.54) is 0 Å². The van der Waals surface area contributed by atoms with Crippen molar-refractivity contribution >= 4 is 40.8 Å². The molecule has 0 atom stereocenters. The van der Waals surface area contributed by atoms with Gasteiger partial charge in [-0.3, -0.25) is 4.99 Å². The van der Waals surface area contributed by atoms with Crippen LogP contribution in [0.5, 0.6) is 11.5 Å². The van der Waals surface area contributed by atoms with Gasteiger partial charge in [-0.15, -0.1) is 24.0 Å². The van der Waals surface area contributed by atoms with E-state index in [4.69, 9.17) is 9.47 Å². The summed E-state index contributed by atoms with van der Waals surface area (Å²) in [6, 6.07) is 15.1. The number of H-pyrrole nitrogens is 1. The minimum atomic E-state index is -2.94. The summed E-state index contributed by atoms with van der Waals surface area (Å²) < 4.78 is 35.8. The van der Waals surface area contributed by atoms with E-state index in [1.54, 1.807) is 32.2 Å². The first-order valence-electron chi connectivity index (χ1n) is 9.31. The Morgan fingerprint density at radius 3 is 2.57 bits per heavy atom. The SMILES string of the molecule is CCOc1cccc(CNC(=NC)NCc2cc3ccccc3[nH]2)c1OC(F)F.I. The number of nitrogens with one attached hydrogen (secondary N) is 3.